The molecule has 152 valence electrons. The first-order valence-corrected chi connectivity index (χ1v) is 9.86. The van der Waals surface area contributed by atoms with Crippen molar-refractivity contribution in [3.8, 4) is 5.75 Å². The highest BCUT2D eigenvalue weighted by atomic mass is 19.1. The lowest BCUT2D eigenvalue weighted by Gasteiger charge is -2.24. The number of aromatic nitrogens is 1. The number of fused-ring (bicyclic) bond motifs is 2. The van der Waals surface area contributed by atoms with Crippen molar-refractivity contribution >= 4 is 17.2 Å². The number of carboxylic acids is 1. The van der Waals surface area contributed by atoms with E-state index in [0.29, 0.717) is 30.0 Å². The van der Waals surface area contributed by atoms with Crippen LogP contribution in [0.25, 0.3) is 5.52 Å². The van der Waals surface area contributed by atoms with E-state index in [2.05, 4.69) is 11.4 Å². The van der Waals surface area contributed by atoms with Gasteiger partial charge in [-0.05, 0) is 48.9 Å². The maximum Gasteiger partial charge on any atom is 0.341 e. The SMILES string of the molecule is COc1c(N2CC3=CCCN[C@@H]3C2)c(F)cn2c(=O)c(C(=O)O)cc(C3CC3)c12. The first kappa shape index (κ1) is 18.2. The van der Waals surface area contributed by atoms with E-state index in [1.165, 1.54) is 18.7 Å². The molecule has 2 aromatic heterocycles. The largest absolute Gasteiger partial charge is 0.492 e. The number of hydrogen-bond acceptors (Lipinski definition) is 5. The number of carboxylic acid groups (broad SMARTS) is 1. The van der Waals surface area contributed by atoms with Crippen LogP contribution in [0.2, 0.25) is 0 Å². The fourth-order valence-electron chi connectivity index (χ4n) is 4.58. The maximum absolute atomic E-state index is 15.3. The summed E-state index contributed by atoms with van der Waals surface area (Å²) in [6, 6.07) is 1.62. The summed E-state index contributed by atoms with van der Waals surface area (Å²) in [7, 11) is 1.46. The number of halogens is 1. The van der Waals surface area contributed by atoms with Crippen LogP contribution in [0, 0.1) is 5.82 Å². The Labute approximate surface area is 166 Å². The molecule has 1 saturated heterocycles. The predicted molar refractivity (Wildman–Crippen MR) is 106 cm³/mol. The molecule has 0 radical (unpaired) electrons. The average molecular weight is 399 g/mol. The van der Waals surface area contributed by atoms with Crippen LogP contribution in [0.1, 0.15) is 41.1 Å². The molecule has 0 spiro atoms. The number of carbonyl (C=O) groups is 1. The highest BCUT2D eigenvalue weighted by Gasteiger charge is 2.35. The van der Waals surface area contributed by atoms with Gasteiger partial charge in [-0.2, -0.15) is 0 Å². The minimum Gasteiger partial charge on any atom is -0.492 e. The second kappa shape index (κ2) is 6.59. The van der Waals surface area contributed by atoms with Crippen molar-refractivity contribution in [1.29, 1.82) is 0 Å². The second-order valence-electron chi connectivity index (χ2n) is 7.93. The molecular formula is C21H22FN3O4. The van der Waals surface area contributed by atoms with E-state index >= 15 is 4.39 Å². The summed E-state index contributed by atoms with van der Waals surface area (Å²) in [5, 5.41) is 12.9. The predicted octanol–water partition coefficient (Wildman–Crippen LogP) is 2.13. The molecular weight excluding hydrogens is 377 g/mol. The van der Waals surface area contributed by atoms with Gasteiger partial charge in [0.25, 0.3) is 5.56 Å². The summed E-state index contributed by atoms with van der Waals surface area (Å²) in [6.07, 6.45) is 6.08. The Morgan fingerprint density at radius 1 is 1.38 bits per heavy atom. The fourth-order valence-corrected chi connectivity index (χ4v) is 4.58. The number of aromatic carboxylic acids is 1. The summed E-state index contributed by atoms with van der Waals surface area (Å²) >= 11 is 0. The Kier molecular flexibility index (Phi) is 4.13. The third-order valence-corrected chi connectivity index (χ3v) is 6.10. The molecule has 5 rings (SSSR count). The van der Waals surface area contributed by atoms with Gasteiger partial charge in [0.05, 0.1) is 18.8 Å². The van der Waals surface area contributed by atoms with Gasteiger partial charge in [-0.15, -0.1) is 0 Å². The lowest BCUT2D eigenvalue weighted by atomic mass is 10.0. The number of nitrogens with one attached hydrogen (secondary N) is 1. The van der Waals surface area contributed by atoms with E-state index in [1.54, 1.807) is 0 Å². The minimum absolute atomic E-state index is 0.154. The average Bonchev–Trinajstić information content (AvgIpc) is 3.45. The second-order valence-corrected chi connectivity index (χ2v) is 7.93. The van der Waals surface area contributed by atoms with Crippen LogP contribution < -0.4 is 20.5 Å². The van der Waals surface area contributed by atoms with Crippen molar-refractivity contribution in [3.05, 3.63) is 51.2 Å². The Morgan fingerprint density at radius 3 is 2.83 bits per heavy atom. The standard InChI is InChI=1S/C21H22FN3O4/c1-29-19-17-13(11-4-5-11)7-14(21(27)28)20(26)25(17)9-15(22)18(19)24-8-12-3-2-6-23-16(12)10-24/h3,7,9,11,16,23H,2,4-6,8,10H2,1H3,(H,27,28)/t16-/m1/s1. The topological polar surface area (TPSA) is 83.3 Å². The van der Waals surface area contributed by atoms with Gasteiger partial charge in [0, 0.05) is 19.1 Å². The summed E-state index contributed by atoms with van der Waals surface area (Å²) < 4.78 is 22.0. The maximum atomic E-state index is 15.3. The van der Waals surface area contributed by atoms with Crippen molar-refractivity contribution < 1.29 is 19.0 Å². The molecule has 1 saturated carbocycles. The minimum atomic E-state index is -1.31. The molecule has 0 bridgehead atoms. The molecule has 0 aromatic carbocycles. The molecule has 7 nitrogen and oxygen atoms in total. The number of rotatable bonds is 4. The summed E-state index contributed by atoms with van der Waals surface area (Å²) in [4.78, 5) is 26.3. The molecule has 2 fully saturated rings. The molecule has 0 amide bonds. The van der Waals surface area contributed by atoms with Crippen LogP contribution in [0.5, 0.6) is 5.75 Å². The van der Waals surface area contributed by atoms with Crippen LogP contribution in [-0.4, -0.2) is 48.3 Å². The molecule has 2 N–H and O–H groups in total. The first-order chi connectivity index (χ1) is 14.0. The number of nitrogens with zero attached hydrogens (tertiary/aromatic N) is 2. The van der Waals surface area contributed by atoms with Gasteiger partial charge in [0.1, 0.15) is 11.3 Å². The highest BCUT2D eigenvalue weighted by Crippen LogP contribution is 2.47. The van der Waals surface area contributed by atoms with Crippen LogP contribution in [-0.2, 0) is 0 Å². The van der Waals surface area contributed by atoms with Crippen molar-refractivity contribution in [1.82, 2.24) is 9.72 Å². The molecule has 2 aromatic rings. The van der Waals surface area contributed by atoms with Crippen molar-refractivity contribution in [3.63, 3.8) is 0 Å². The van der Waals surface area contributed by atoms with Crippen molar-refractivity contribution in [2.75, 3.05) is 31.6 Å². The molecule has 0 unspecified atom stereocenters. The fraction of sp³-hybridized carbons (Fsp3) is 0.429. The van der Waals surface area contributed by atoms with E-state index in [-0.39, 0.29) is 17.5 Å². The molecule has 1 aliphatic carbocycles. The van der Waals surface area contributed by atoms with Gasteiger partial charge in [0.15, 0.2) is 11.6 Å². The normalized spacial score (nSPS) is 21.2. The van der Waals surface area contributed by atoms with Crippen molar-refractivity contribution in [2.24, 2.45) is 0 Å². The Morgan fingerprint density at radius 2 is 2.17 bits per heavy atom. The zero-order valence-electron chi connectivity index (χ0n) is 16.1. The zero-order valence-corrected chi connectivity index (χ0v) is 16.1. The van der Waals surface area contributed by atoms with Gasteiger partial charge >= 0.3 is 5.97 Å². The van der Waals surface area contributed by atoms with Gasteiger partial charge in [-0.25, -0.2) is 9.18 Å². The van der Waals surface area contributed by atoms with Crippen LogP contribution in [0.15, 0.2) is 28.7 Å². The molecule has 3 aliphatic rings. The van der Waals surface area contributed by atoms with Gasteiger partial charge in [-0.1, -0.05) is 6.08 Å². The molecule has 29 heavy (non-hydrogen) atoms. The van der Waals surface area contributed by atoms with E-state index in [1.807, 2.05) is 4.90 Å². The quantitative estimate of drug-likeness (QED) is 0.767. The van der Waals surface area contributed by atoms with Crippen molar-refractivity contribution in [2.45, 2.75) is 31.2 Å². The molecule has 1 atom stereocenters. The summed E-state index contributed by atoms with van der Waals surface area (Å²) in [5.41, 5.74) is 1.67. The first-order valence-electron chi connectivity index (χ1n) is 9.86. The molecule has 4 heterocycles. The number of methoxy groups -OCH3 is 1. The lowest BCUT2D eigenvalue weighted by molar-refractivity contribution is 0.0694. The summed E-state index contributed by atoms with van der Waals surface area (Å²) in [6.45, 7) is 2.11. The van der Waals surface area contributed by atoms with Gasteiger partial charge < -0.3 is 20.1 Å². The van der Waals surface area contributed by atoms with E-state index in [4.69, 9.17) is 4.74 Å². The smallest absolute Gasteiger partial charge is 0.341 e. The van der Waals surface area contributed by atoms with Crippen LogP contribution in [0.3, 0.4) is 0 Å². The zero-order chi connectivity index (χ0) is 20.3. The highest BCUT2D eigenvalue weighted by molar-refractivity contribution is 5.90. The molecule has 8 heteroatoms. The lowest BCUT2D eigenvalue weighted by Crippen LogP contribution is -2.36. The van der Waals surface area contributed by atoms with Gasteiger partial charge in [-0.3, -0.25) is 9.20 Å². The monoisotopic (exact) mass is 399 g/mol. The van der Waals surface area contributed by atoms with Gasteiger partial charge in [0.2, 0.25) is 0 Å². The Hall–Kier alpha value is -2.87. The van der Waals surface area contributed by atoms with E-state index < -0.39 is 17.3 Å². The molecule has 2 aliphatic heterocycles. The third-order valence-electron chi connectivity index (χ3n) is 6.10. The van der Waals surface area contributed by atoms with E-state index in [9.17, 15) is 14.7 Å². The van der Waals surface area contributed by atoms with Crippen LogP contribution in [0.4, 0.5) is 10.1 Å². The Balaban J connectivity index is 1.75. The Bertz CT molecular complexity index is 1120. The van der Waals surface area contributed by atoms with Crippen LogP contribution >= 0.6 is 0 Å². The third kappa shape index (κ3) is 2.81. The van der Waals surface area contributed by atoms with E-state index in [0.717, 1.165) is 42.0 Å². The number of pyridine rings is 2. The summed E-state index contributed by atoms with van der Waals surface area (Å²) in [5.74, 6) is -1.46. The number of anilines is 1. The number of hydrogen-bond donors (Lipinski definition) is 2. The number of ether oxygens (including phenoxy) is 1.